The van der Waals surface area contributed by atoms with Gasteiger partial charge >= 0.3 is 0 Å². The zero-order valence-corrected chi connectivity index (χ0v) is 17.4. The summed E-state index contributed by atoms with van der Waals surface area (Å²) >= 11 is 12.5. The van der Waals surface area contributed by atoms with Gasteiger partial charge in [0.1, 0.15) is 0 Å². The molecule has 0 atom stereocenters. The molecule has 0 aliphatic rings. The van der Waals surface area contributed by atoms with E-state index in [-0.39, 0.29) is 12.3 Å². The highest BCUT2D eigenvalue weighted by Crippen LogP contribution is 2.31. The second-order valence-corrected chi connectivity index (χ2v) is 7.64. The molecule has 0 saturated carbocycles. The van der Waals surface area contributed by atoms with Gasteiger partial charge in [0.15, 0.2) is 0 Å². The highest BCUT2D eigenvalue weighted by molar-refractivity contribution is 6.35. The summed E-state index contributed by atoms with van der Waals surface area (Å²) in [7, 11) is 0. The third-order valence-corrected chi connectivity index (χ3v) is 5.38. The second-order valence-electron chi connectivity index (χ2n) is 6.80. The third-order valence-electron chi connectivity index (χ3n) is 4.84. The number of carbonyl (C=O) groups excluding carboxylic acids is 1. The lowest BCUT2D eigenvalue weighted by Crippen LogP contribution is -2.24. The topological polar surface area (TPSA) is 57.8 Å². The number of aromatic nitrogens is 1. The third kappa shape index (κ3) is 4.04. The summed E-state index contributed by atoms with van der Waals surface area (Å²) in [5.74, 6) is -0.190. The fourth-order valence-electron chi connectivity index (χ4n) is 3.37. The number of carbonyl (C=O) groups is 1. The van der Waals surface area contributed by atoms with E-state index in [4.69, 9.17) is 28.5 Å². The Morgan fingerprint density at radius 3 is 2.63 bits per heavy atom. The van der Waals surface area contributed by atoms with Crippen LogP contribution < -0.4 is 5.32 Å². The van der Waals surface area contributed by atoms with Gasteiger partial charge in [-0.2, -0.15) is 5.26 Å². The molecule has 0 radical (unpaired) electrons. The van der Waals surface area contributed by atoms with Crippen LogP contribution in [0.4, 0.5) is 0 Å². The van der Waals surface area contributed by atoms with Crippen LogP contribution in [0.15, 0.2) is 72.9 Å². The van der Waals surface area contributed by atoms with Gasteiger partial charge in [0, 0.05) is 23.3 Å². The highest BCUT2D eigenvalue weighted by atomic mass is 35.5. The van der Waals surface area contributed by atoms with Crippen molar-refractivity contribution in [3.63, 3.8) is 0 Å². The SMILES string of the molecule is N#CCCNC(=O)c1cccc(-c2ccc3ccn(-c4ccc(Cl)cc4Cl)c3c2)c1. The molecule has 3 aromatic carbocycles. The first-order valence-corrected chi connectivity index (χ1v) is 10.1. The van der Waals surface area contributed by atoms with Crippen molar-refractivity contribution in [1.82, 2.24) is 9.88 Å². The van der Waals surface area contributed by atoms with Gasteiger partial charge in [0.2, 0.25) is 0 Å². The van der Waals surface area contributed by atoms with Gasteiger partial charge in [-0.3, -0.25) is 4.79 Å². The van der Waals surface area contributed by atoms with E-state index in [1.54, 1.807) is 12.1 Å². The van der Waals surface area contributed by atoms with Crippen LogP contribution in [0.25, 0.3) is 27.7 Å². The minimum absolute atomic E-state index is 0.190. The van der Waals surface area contributed by atoms with Gasteiger partial charge in [0.25, 0.3) is 5.91 Å². The quantitative estimate of drug-likeness (QED) is 0.378. The van der Waals surface area contributed by atoms with Gasteiger partial charge < -0.3 is 9.88 Å². The molecule has 4 aromatic rings. The number of fused-ring (bicyclic) bond motifs is 1. The van der Waals surface area contributed by atoms with Gasteiger partial charge in [-0.05, 0) is 59.0 Å². The van der Waals surface area contributed by atoms with E-state index >= 15 is 0 Å². The van der Waals surface area contributed by atoms with E-state index in [0.29, 0.717) is 22.2 Å². The zero-order valence-electron chi connectivity index (χ0n) is 15.9. The molecule has 148 valence electrons. The molecule has 0 aliphatic carbocycles. The van der Waals surface area contributed by atoms with E-state index in [1.807, 2.05) is 65.4 Å². The molecule has 30 heavy (non-hydrogen) atoms. The first kappa shape index (κ1) is 20.0. The Kier molecular flexibility index (Phi) is 5.76. The van der Waals surface area contributed by atoms with Crippen molar-refractivity contribution < 1.29 is 4.79 Å². The molecular weight excluding hydrogens is 417 g/mol. The van der Waals surface area contributed by atoms with Crippen LogP contribution >= 0.6 is 23.2 Å². The number of hydrogen-bond acceptors (Lipinski definition) is 2. The molecule has 0 bridgehead atoms. The lowest BCUT2D eigenvalue weighted by atomic mass is 10.0. The number of amides is 1. The average molecular weight is 434 g/mol. The zero-order chi connectivity index (χ0) is 21.1. The summed E-state index contributed by atoms with van der Waals surface area (Å²) in [6.45, 7) is 0.334. The number of rotatable bonds is 5. The molecule has 1 heterocycles. The van der Waals surface area contributed by atoms with Crippen molar-refractivity contribution in [2.75, 3.05) is 6.54 Å². The molecule has 4 rings (SSSR count). The van der Waals surface area contributed by atoms with Crippen molar-refractivity contribution in [2.45, 2.75) is 6.42 Å². The van der Waals surface area contributed by atoms with Crippen molar-refractivity contribution >= 4 is 40.0 Å². The molecule has 0 unspecified atom stereocenters. The molecule has 1 N–H and O–H groups in total. The molecule has 1 amide bonds. The summed E-state index contributed by atoms with van der Waals surface area (Å²) in [4.78, 5) is 12.3. The predicted octanol–water partition coefficient (Wildman–Crippen LogP) is 6.25. The van der Waals surface area contributed by atoms with Gasteiger partial charge in [-0.15, -0.1) is 0 Å². The fourth-order valence-corrected chi connectivity index (χ4v) is 3.87. The summed E-state index contributed by atoms with van der Waals surface area (Å²) < 4.78 is 2.02. The highest BCUT2D eigenvalue weighted by Gasteiger charge is 2.11. The van der Waals surface area contributed by atoms with E-state index < -0.39 is 0 Å². The predicted molar refractivity (Wildman–Crippen MR) is 121 cm³/mol. The van der Waals surface area contributed by atoms with Crippen LogP contribution in [0.1, 0.15) is 16.8 Å². The Balaban J connectivity index is 1.72. The number of halogens is 2. The minimum Gasteiger partial charge on any atom is -0.351 e. The molecular formula is C24H17Cl2N3O. The van der Waals surface area contributed by atoms with Crippen LogP contribution in [0.5, 0.6) is 0 Å². The maximum atomic E-state index is 12.3. The fraction of sp³-hybridized carbons (Fsp3) is 0.0833. The average Bonchev–Trinajstić information content (AvgIpc) is 3.17. The Morgan fingerprint density at radius 1 is 1.00 bits per heavy atom. The molecule has 1 aromatic heterocycles. The largest absolute Gasteiger partial charge is 0.351 e. The van der Waals surface area contributed by atoms with Crippen LogP contribution in [0.2, 0.25) is 10.0 Å². The van der Waals surface area contributed by atoms with Gasteiger partial charge in [-0.25, -0.2) is 0 Å². The van der Waals surface area contributed by atoms with Crippen molar-refractivity contribution in [3.8, 4) is 22.9 Å². The van der Waals surface area contributed by atoms with Gasteiger partial charge in [0.05, 0.1) is 28.7 Å². The lowest BCUT2D eigenvalue weighted by Gasteiger charge is -2.10. The minimum atomic E-state index is -0.190. The first-order valence-electron chi connectivity index (χ1n) is 9.39. The standard InChI is InChI=1S/C24H17Cl2N3O/c25-20-7-8-22(21(26)15-20)29-12-9-16-5-6-18(14-23(16)29)17-3-1-4-19(13-17)24(30)28-11-2-10-27/h1,3-9,12-15H,2,11H2,(H,28,30). The van der Waals surface area contributed by atoms with Crippen LogP contribution in [-0.4, -0.2) is 17.0 Å². The van der Waals surface area contributed by atoms with Crippen LogP contribution in [0.3, 0.4) is 0 Å². The molecule has 0 aliphatic heterocycles. The maximum Gasteiger partial charge on any atom is 0.251 e. The van der Waals surface area contributed by atoms with E-state index in [1.165, 1.54) is 0 Å². The molecule has 0 fully saturated rings. The Hall–Kier alpha value is -3.26. The van der Waals surface area contributed by atoms with Crippen molar-refractivity contribution in [3.05, 3.63) is 88.5 Å². The van der Waals surface area contributed by atoms with E-state index in [2.05, 4.69) is 11.4 Å². The molecule has 4 nitrogen and oxygen atoms in total. The summed E-state index contributed by atoms with van der Waals surface area (Å²) in [5.41, 5.74) is 4.32. The molecule has 6 heteroatoms. The number of nitrogens with zero attached hydrogens (tertiary/aromatic N) is 2. The van der Waals surface area contributed by atoms with Crippen molar-refractivity contribution in [1.29, 1.82) is 5.26 Å². The number of benzene rings is 3. The van der Waals surface area contributed by atoms with Crippen molar-refractivity contribution in [2.24, 2.45) is 0 Å². The Labute approximate surface area is 184 Å². The number of hydrogen-bond donors (Lipinski definition) is 1. The van der Waals surface area contributed by atoms with E-state index in [9.17, 15) is 4.79 Å². The molecule has 0 saturated heterocycles. The number of nitriles is 1. The summed E-state index contributed by atoms with van der Waals surface area (Å²) in [6, 6.07) is 23.1. The smallest absolute Gasteiger partial charge is 0.251 e. The maximum absolute atomic E-state index is 12.3. The van der Waals surface area contributed by atoms with Crippen LogP contribution in [-0.2, 0) is 0 Å². The first-order chi connectivity index (χ1) is 14.6. The Morgan fingerprint density at radius 2 is 1.83 bits per heavy atom. The monoisotopic (exact) mass is 433 g/mol. The second kappa shape index (κ2) is 8.62. The normalized spacial score (nSPS) is 10.7. The van der Waals surface area contributed by atoms with E-state index in [0.717, 1.165) is 27.7 Å². The summed E-state index contributed by atoms with van der Waals surface area (Å²) in [6.07, 6.45) is 2.26. The van der Waals surface area contributed by atoms with Gasteiger partial charge in [-0.1, -0.05) is 47.5 Å². The molecule has 0 spiro atoms. The lowest BCUT2D eigenvalue weighted by molar-refractivity contribution is 0.0954. The number of nitrogens with one attached hydrogen (secondary N) is 1. The summed E-state index contributed by atoms with van der Waals surface area (Å²) in [5, 5.41) is 13.6. The Bertz CT molecular complexity index is 1290. The van der Waals surface area contributed by atoms with Crippen LogP contribution in [0, 0.1) is 11.3 Å².